The molecule has 0 atom stereocenters. The second-order valence-electron chi connectivity index (χ2n) is 2.83. The topological polar surface area (TPSA) is 69.2 Å². The summed E-state index contributed by atoms with van der Waals surface area (Å²) in [5, 5.41) is 10.5. The minimum Gasteiger partial charge on any atom is -0.325 e. The lowest BCUT2D eigenvalue weighted by Gasteiger charge is -2.13. The van der Waals surface area contributed by atoms with Crippen molar-refractivity contribution >= 4 is 21.6 Å². The van der Waals surface area contributed by atoms with E-state index < -0.39 is 28.6 Å². The molecule has 0 saturated carbocycles. The molecule has 0 amide bonds. The maximum absolute atomic E-state index is 13.1. The smallest absolute Gasteiger partial charge is 0.285 e. The van der Waals surface area contributed by atoms with Crippen molar-refractivity contribution in [1.82, 2.24) is 0 Å². The van der Waals surface area contributed by atoms with E-state index in [4.69, 9.17) is 5.73 Å². The lowest BCUT2D eigenvalue weighted by molar-refractivity contribution is -0.385. The van der Waals surface area contributed by atoms with E-state index in [9.17, 15) is 18.9 Å². The Labute approximate surface area is 92.4 Å². The maximum atomic E-state index is 13.1. The first kappa shape index (κ1) is 12.0. The van der Waals surface area contributed by atoms with Crippen LogP contribution in [0.15, 0.2) is 22.7 Å². The number of hydrogen-bond donors (Lipinski definition) is 1. The molecule has 0 bridgehead atoms. The van der Waals surface area contributed by atoms with E-state index in [1.807, 2.05) is 0 Å². The molecule has 82 valence electrons. The number of nitrogens with two attached hydrogens (primary N) is 1. The minimum atomic E-state index is -3.24. The zero-order chi connectivity index (χ0) is 11.6. The molecule has 1 rings (SSSR count). The Balaban J connectivity index is 3.25. The van der Waals surface area contributed by atoms with Crippen molar-refractivity contribution in [3.05, 3.63) is 38.3 Å². The molecule has 0 aliphatic rings. The Morgan fingerprint density at radius 3 is 2.60 bits per heavy atom. The van der Waals surface area contributed by atoms with Crippen LogP contribution in [0.5, 0.6) is 0 Å². The van der Waals surface area contributed by atoms with Crippen LogP contribution < -0.4 is 5.73 Å². The van der Waals surface area contributed by atoms with Gasteiger partial charge in [0.1, 0.15) is 0 Å². The van der Waals surface area contributed by atoms with Crippen LogP contribution in [0.25, 0.3) is 0 Å². The van der Waals surface area contributed by atoms with Gasteiger partial charge in [0.05, 0.1) is 15.9 Å². The van der Waals surface area contributed by atoms with E-state index in [0.717, 1.165) is 12.1 Å². The fourth-order valence-corrected chi connectivity index (χ4v) is 1.39. The summed E-state index contributed by atoms with van der Waals surface area (Å²) in [4.78, 5) is 9.75. The van der Waals surface area contributed by atoms with Gasteiger partial charge in [0.25, 0.3) is 11.6 Å². The van der Waals surface area contributed by atoms with Crippen molar-refractivity contribution in [3.8, 4) is 0 Å². The van der Waals surface area contributed by atoms with Crippen LogP contribution in [0.1, 0.15) is 5.56 Å². The third kappa shape index (κ3) is 2.48. The summed E-state index contributed by atoms with van der Waals surface area (Å²) in [5.74, 6) is -3.24. The molecular weight excluding hydrogens is 274 g/mol. The summed E-state index contributed by atoms with van der Waals surface area (Å²) in [7, 11) is 0. The van der Waals surface area contributed by atoms with Gasteiger partial charge in [0, 0.05) is 11.6 Å². The molecule has 0 heterocycles. The highest BCUT2D eigenvalue weighted by Gasteiger charge is 2.31. The molecule has 1 aromatic rings. The standard InChI is InChI=1S/C8H7BrF2N2O2/c9-6-2-1-5(8(10,11)4-12)3-7(6)13(14)15/h1-3H,4,12H2. The van der Waals surface area contributed by atoms with Gasteiger partial charge in [0.15, 0.2) is 0 Å². The van der Waals surface area contributed by atoms with Gasteiger partial charge in [-0.3, -0.25) is 10.1 Å². The van der Waals surface area contributed by atoms with E-state index in [-0.39, 0.29) is 4.47 Å². The Hall–Kier alpha value is -1.08. The Morgan fingerprint density at radius 1 is 1.53 bits per heavy atom. The van der Waals surface area contributed by atoms with Crippen LogP contribution in [0, 0.1) is 10.1 Å². The maximum Gasteiger partial charge on any atom is 0.285 e. The normalized spacial score (nSPS) is 11.5. The lowest BCUT2D eigenvalue weighted by atomic mass is 10.1. The van der Waals surface area contributed by atoms with E-state index in [1.165, 1.54) is 6.07 Å². The molecule has 4 nitrogen and oxygen atoms in total. The lowest BCUT2D eigenvalue weighted by Crippen LogP contribution is -2.25. The second-order valence-corrected chi connectivity index (χ2v) is 3.69. The van der Waals surface area contributed by atoms with Crippen LogP contribution in [0.3, 0.4) is 0 Å². The molecular formula is C8H7BrF2N2O2. The van der Waals surface area contributed by atoms with Crippen molar-refractivity contribution in [2.75, 3.05) is 6.54 Å². The third-order valence-electron chi connectivity index (χ3n) is 1.82. The zero-order valence-electron chi connectivity index (χ0n) is 7.41. The molecule has 7 heteroatoms. The zero-order valence-corrected chi connectivity index (χ0v) is 9.00. The van der Waals surface area contributed by atoms with Crippen LogP contribution in [0.2, 0.25) is 0 Å². The minimum absolute atomic E-state index is 0.157. The molecule has 0 aliphatic heterocycles. The highest BCUT2D eigenvalue weighted by molar-refractivity contribution is 9.10. The fraction of sp³-hybridized carbons (Fsp3) is 0.250. The Kier molecular flexibility index (Phi) is 3.35. The molecule has 0 unspecified atom stereocenters. The van der Waals surface area contributed by atoms with Crippen molar-refractivity contribution in [3.63, 3.8) is 0 Å². The summed E-state index contributed by atoms with van der Waals surface area (Å²) in [6, 6.07) is 3.12. The van der Waals surface area contributed by atoms with Gasteiger partial charge in [-0.2, -0.15) is 8.78 Å². The summed E-state index contributed by atoms with van der Waals surface area (Å²) >= 11 is 2.90. The van der Waals surface area contributed by atoms with Crippen molar-refractivity contribution in [2.45, 2.75) is 5.92 Å². The van der Waals surface area contributed by atoms with Crippen LogP contribution in [-0.4, -0.2) is 11.5 Å². The molecule has 2 N–H and O–H groups in total. The quantitative estimate of drug-likeness (QED) is 0.683. The molecule has 1 aromatic carbocycles. The van der Waals surface area contributed by atoms with Crippen molar-refractivity contribution in [2.24, 2.45) is 5.73 Å². The first-order valence-corrected chi connectivity index (χ1v) is 4.70. The van der Waals surface area contributed by atoms with E-state index >= 15 is 0 Å². The van der Waals surface area contributed by atoms with E-state index in [2.05, 4.69) is 15.9 Å². The number of rotatable bonds is 3. The molecule has 0 fully saturated rings. The van der Waals surface area contributed by atoms with Gasteiger partial charge >= 0.3 is 0 Å². The van der Waals surface area contributed by atoms with Gasteiger partial charge in [-0.25, -0.2) is 0 Å². The molecule has 15 heavy (non-hydrogen) atoms. The summed E-state index contributed by atoms with van der Waals surface area (Å²) in [6.07, 6.45) is 0. The fourth-order valence-electron chi connectivity index (χ4n) is 0.998. The monoisotopic (exact) mass is 280 g/mol. The Bertz CT molecular complexity index is 398. The van der Waals surface area contributed by atoms with Gasteiger partial charge in [0.2, 0.25) is 0 Å². The Morgan fingerprint density at radius 2 is 2.13 bits per heavy atom. The predicted octanol–water partition coefficient (Wildman–Crippen LogP) is 2.41. The first-order chi connectivity index (χ1) is 6.88. The summed E-state index contributed by atoms with van der Waals surface area (Å²) < 4.78 is 26.4. The number of halogens is 3. The summed E-state index contributed by atoms with van der Waals surface area (Å²) in [5.41, 5.74) is 4.01. The highest BCUT2D eigenvalue weighted by Crippen LogP contribution is 2.33. The van der Waals surface area contributed by atoms with Gasteiger partial charge in [-0.15, -0.1) is 0 Å². The molecule has 0 spiro atoms. The largest absolute Gasteiger partial charge is 0.325 e. The third-order valence-corrected chi connectivity index (χ3v) is 2.49. The predicted molar refractivity (Wildman–Crippen MR) is 53.7 cm³/mol. The van der Waals surface area contributed by atoms with Crippen LogP contribution >= 0.6 is 15.9 Å². The van der Waals surface area contributed by atoms with Crippen LogP contribution in [0.4, 0.5) is 14.5 Å². The first-order valence-electron chi connectivity index (χ1n) is 3.91. The average Bonchev–Trinajstić information content (AvgIpc) is 2.17. The van der Waals surface area contributed by atoms with Crippen molar-refractivity contribution < 1.29 is 13.7 Å². The van der Waals surface area contributed by atoms with E-state index in [0.29, 0.717) is 0 Å². The van der Waals surface area contributed by atoms with Gasteiger partial charge < -0.3 is 5.73 Å². The number of nitro groups is 1. The average molecular weight is 281 g/mol. The van der Waals surface area contributed by atoms with E-state index in [1.54, 1.807) is 0 Å². The highest BCUT2D eigenvalue weighted by atomic mass is 79.9. The number of nitro benzene ring substituents is 1. The molecule has 0 saturated heterocycles. The number of nitrogens with zero attached hydrogens (tertiary/aromatic N) is 1. The number of hydrogen-bond acceptors (Lipinski definition) is 3. The molecule has 0 aliphatic carbocycles. The molecule has 0 radical (unpaired) electrons. The van der Waals surface area contributed by atoms with Crippen molar-refractivity contribution in [1.29, 1.82) is 0 Å². The number of alkyl halides is 2. The van der Waals surface area contributed by atoms with Crippen LogP contribution in [-0.2, 0) is 5.92 Å². The summed E-state index contributed by atoms with van der Waals surface area (Å²) in [6.45, 7) is -0.883. The van der Waals surface area contributed by atoms with Gasteiger partial charge in [-0.1, -0.05) is 6.07 Å². The second kappa shape index (κ2) is 4.19. The van der Waals surface area contributed by atoms with Gasteiger partial charge in [-0.05, 0) is 22.0 Å². The number of benzene rings is 1. The SMILES string of the molecule is NCC(F)(F)c1ccc(Br)c([N+](=O)[O-])c1. The molecule has 0 aromatic heterocycles.